The molecule has 0 aliphatic heterocycles. The van der Waals surface area contributed by atoms with E-state index in [1.807, 2.05) is 0 Å². The van der Waals surface area contributed by atoms with E-state index in [0.29, 0.717) is 15.7 Å². The van der Waals surface area contributed by atoms with Crippen molar-refractivity contribution in [3.63, 3.8) is 0 Å². The predicted molar refractivity (Wildman–Crippen MR) is 73.8 cm³/mol. The number of imidazole rings is 1. The molecule has 0 unspecified atom stereocenters. The Kier molecular flexibility index (Phi) is 4.00. The molecule has 0 amide bonds. The average molecular weight is 301 g/mol. The van der Waals surface area contributed by atoms with Gasteiger partial charge in [0.05, 0.1) is 6.20 Å². The molecule has 0 aliphatic carbocycles. The van der Waals surface area contributed by atoms with Gasteiger partial charge in [-0.05, 0) is 18.2 Å². The number of Topliss-reactive ketones (excluding diaryl/α,β-unsaturated/α-hetero) is 1. The largest absolute Gasteiger partial charge is 0.319 e. The molecule has 0 saturated heterocycles. The fourth-order valence-corrected chi connectivity index (χ4v) is 3.09. The zero-order chi connectivity index (χ0) is 13.3. The Morgan fingerprint density at radius 2 is 1.89 bits per heavy atom. The van der Waals surface area contributed by atoms with Gasteiger partial charge in [-0.15, -0.1) is 0 Å². The quantitative estimate of drug-likeness (QED) is 0.801. The first-order chi connectivity index (χ1) is 8.47. The SMILES string of the molecule is CC(=O)c1cnc(Sc2cc(Cl)cc(Cl)c2)n1C. The number of hydrogen-bond donors (Lipinski definition) is 0. The normalized spacial score (nSPS) is 10.7. The first kappa shape index (κ1) is 13.5. The molecular formula is C12H10Cl2N2OS. The first-order valence-electron chi connectivity index (χ1n) is 5.14. The van der Waals surface area contributed by atoms with Crippen molar-refractivity contribution in [2.24, 2.45) is 7.05 Å². The first-order valence-corrected chi connectivity index (χ1v) is 6.71. The summed E-state index contributed by atoms with van der Waals surface area (Å²) in [6, 6.07) is 5.28. The predicted octanol–water partition coefficient (Wildman–Crippen LogP) is 4.08. The third-order valence-corrected chi connectivity index (χ3v) is 3.82. The fourth-order valence-electron chi connectivity index (χ4n) is 1.51. The van der Waals surface area contributed by atoms with Crippen LogP contribution < -0.4 is 0 Å². The lowest BCUT2D eigenvalue weighted by atomic mass is 10.3. The molecule has 0 aliphatic rings. The van der Waals surface area contributed by atoms with Crippen molar-refractivity contribution in [1.29, 1.82) is 0 Å². The lowest BCUT2D eigenvalue weighted by Gasteiger charge is -2.04. The van der Waals surface area contributed by atoms with Gasteiger partial charge in [0.15, 0.2) is 10.9 Å². The van der Waals surface area contributed by atoms with Crippen LogP contribution in [0.5, 0.6) is 0 Å². The van der Waals surface area contributed by atoms with Crippen molar-refractivity contribution in [1.82, 2.24) is 9.55 Å². The lowest BCUT2D eigenvalue weighted by molar-refractivity contribution is 0.100. The Hall–Kier alpha value is -0.970. The molecule has 3 nitrogen and oxygen atoms in total. The van der Waals surface area contributed by atoms with E-state index in [1.165, 1.54) is 18.7 Å². The van der Waals surface area contributed by atoms with E-state index in [2.05, 4.69) is 4.98 Å². The van der Waals surface area contributed by atoms with E-state index in [1.54, 1.807) is 36.0 Å². The van der Waals surface area contributed by atoms with Gasteiger partial charge in [-0.25, -0.2) is 4.98 Å². The Bertz CT molecular complexity index is 590. The monoisotopic (exact) mass is 300 g/mol. The number of carbonyl (C=O) groups is 1. The number of nitrogens with zero attached hydrogens (tertiary/aromatic N) is 2. The minimum absolute atomic E-state index is 0.0130. The third kappa shape index (κ3) is 2.88. The molecule has 0 spiro atoms. The third-order valence-electron chi connectivity index (χ3n) is 2.35. The van der Waals surface area contributed by atoms with Crippen LogP contribution in [-0.4, -0.2) is 15.3 Å². The number of benzene rings is 1. The van der Waals surface area contributed by atoms with E-state index in [9.17, 15) is 4.79 Å². The smallest absolute Gasteiger partial charge is 0.177 e. The van der Waals surface area contributed by atoms with Crippen molar-refractivity contribution >= 4 is 40.7 Å². The zero-order valence-corrected chi connectivity index (χ0v) is 12.1. The highest BCUT2D eigenvalue weighted by Crippen LogP contribution is 2.31. The van der Waals surface area contributed by atoms with E-state index < -0.39 is 0 Å². The van der Waals surface area contributed by atoms with Crippen LogP contribution >= 0.6 is 35.0 Å². The van der Waals surface area contributed by atoms with Gasteiger partial charge in [0.25, 0.3) is 0 Å². The van der Waals surface area contributed by atoms with Crippen molar-refractivity contribution in [3.8, 4) is 0 Å². The van der Waals surface area contributed by atoms with Crippen molar-refractivity contribution in [2.75, 3.05) is 0 Å². The van der Waals surface area contributed by atoms with Gasteiger partial charge >= 0.3 is 0 Å². The topological polar surface area (TPSA) is 34.9 Å². The zero-order valence-electron chi connectivity index (χ0n) is 9.78. The molecule has 0 bridgehead atoms. The summed E-state index contributed by atoms with van der Waals surface area (Å²) in [5.74, 6) is -0.0130. The van der Waals surface area contributed by atoms with Crippen LogP contribution in [-0.2, 0) is 7.05 Å². The summed E-state index contributed by atoms with van der Waals surface area (Å²) in [6.45, 7) is 1.52. The second-order valence-corrected chi connectivity index (χ2v) is 5.66. The Labute approximate surface area is 119 Å². The fraction of sp³-hybridized carbons (Fsp3) is 0.167. The van der Waals surface area contributed by atoms with Crippen LogP contribution in [0.25, 0.3) is 0 Å². The van der Waals surface area contributed by atoms with Crippen LogP contribution in [0.15, 0.2) is 34.4 Å². The van der Waals surface area contributed by atoms with Crippen molar-refractivity contribution in [3.05, 3.63) is 40.1 Å². The molecule has 2 aromatic rings. The van der Waals surface area contributed by atoms with Crippen LogP contribution in [0.4, 0.5) is 0 Å². The standard InChI is InChI=1S/C12H10Cl2N2OS/c1-7(17)11-6-15-12(16(11)2)18-10-4-8(13)3-9(14)5-10/h3-6H,1-2H3. The highest BCUT2D eigenvalue weighted by Gasteiger charge is 2.11. The minimum atomic E-state index is -0.0130. The summed E-state index contributed by atoms with van der Waals surface area (Å²) in [7, 11) is 1.80. The molecule has 0 radical (unpaired) electrons. The van der Waals surface area contributed by atoms with Gasteiger partial charge < -0.3 is 4.57 Å². The number of carbonyl (C=O) groups excluding carboxylic acids is 1. The van der Waals surface area contributed by atoms with Gasteiger partial charge in [0.2, 0.25) is 0 Å². The molecule has 6 heteroatoms. The summed E-state index contributed by atoms with van der Waals surface area (Å²) in [6.07, 6.45) is 1.57. The van der Waals surface area contributed by atoms with E-state index in [0.717, 1.165) is 10.1 Å². The maximum atomic E-state index is 11.3. The Morgan fingerprint density at radius 1 is 1.28 bits per heavy atom. The average Bonchev–Trinajstić information content (AvgIpc) is 2.59. The number of halogens is 2. The van der Waals surface area contributed by atoms with Crippen molar-refractivity contribution in [2.45, 2.75) is 17.0 Å². The Morgan fingerprint density at radius 3 is 2.39 bits per heavy atom. The van der Waals surface area contributed by atoms with Gasteiger partial charge in [-0.2, -0.15) is 0 Å². The number of rotatable bonds is 3. The molecule has 0 N–H and O–H groups in total. The van der Waals surface area contributed by atoms with E-state index in [4.69, 9.17) is 23.2 Å². The van der Waals surface area contributed by atoms with Crippen LogP contribution in [0, 0.1) is 0 Å². The summed E-state index contributed by atoms with van der Waals surface area (Å²) in [4.78, 5) is 16.4. The van der Waals surface area contributed by atoms with Crippen molar-refractivity contribution < 1.29 is 4.79 Å². The van der Waals surface area contributed by atoms with E-state index >= 15 is 0 Å². The minimum Gasteiger partial charge on any atom is -0.319 e. The molecule has 0 atom stereocenters. The Balaban J connectivity index is 2.31. The molecule has 1 aromatic heterocycles. The summed E-state index contributed by atoms with van der Waals surface area (Å²) in [5, 5.41) is 1.87. The maximum Gasteiger partial charge on any atom is 0.177 e. The summed E-state index contributed by atoms with van der Waals surface area (Å²) >= 11 is 13.3. The molecule has 0 saturated carbocycles. The molecule has 1 aromatic carbocycles. The second kappa shape index (κ2) is 5.34. The molecule has 0 fully saturated rings. The number of ketones is 1. The molecule has 1 heterocycles. The summed E-state index contributed by atoms with van der Waals surface area (Å²) in [5.41, 5.74) is 0.575. The molecule has 18 heavy (non-hydrogen) atoms. The van der Waals surface area contributed by atoms with Crippen LogP contribution in [0.1, 0.15) is 17.4 Å². The highest BCUT2D eigenvalue weighted by molar-refractivity contribution is 7.99. The molecule has 2 rings (SSSR count). The van der Waals surface area contributed by atoms with Crippen LogP contribution in [0.2, 0.25) is 10.0 Å². The summed E-state index contributed by atoms with van der Waals surface area (Å²) < 4.78 is 1.75. The number of hydrogen-bond acceptors (Lipinski definition) is 3. The maximum absolute atomic E-state index is 11.3. The molecular weight excluding hydrogens is 291 g/mol. The van der Waals surface area contributed by atoms with Gasteiger partial charge in [0, 0.05) is 28.9 Å². The van der Waals surface area contributed by atoms with Crippen LogP contribution in [0.3, 0.4) is 0 Å². The second-order valence-electron chi connectivity index (χ2n) is 3.75. The highest BCUT2D eigenvalue weighted by atomic mass is 35.5. The lowest BCUT2D eigenvalue weighted by Crippen LogP contribution is -2.02. The molecule has 94 valence electrons. The number of aromatic nitrogens is 2. The van der Waals surface area contributed by atoms with E-state index in [-0.39, 0.29) is 5.78 Å². The van der Waals surface area contributed by atoms with Gasteiger partial charge in [-0.3, -0.25) is 4.79 Å². The van der Waals surface area contributed by atoms with Gasteiger partial charge in [0.1, 0.15) is 5.69 Å². The van der Waals surface area contributed by atoms with Gasteiger partial charge in [-0.1, -0.05) is 35.0 Å².